The molecular formula is C18H14N2O. The Hall–Kier alpha value is -2.86. The van der Waals surface area contributed by atoms with Crippen LogP contribution < -0.4 is 4.74 Å². The summed E-state index contributed by atoms with van der Waals surface area (Å²) in [4.78, 5) is 4.45. The number of nitrogens with zero attached hydrogens (tertiary/aromatic N) is 2. The van der Waals surface area contributed by atoms with Gasteiger partial charge in [-0.15, -0.1) is 0 Å². The third-order valence-electron chi connectivity index (χ3n) is 3.33. The molecule has 0 saturated heterocycles. The molecule has 0 spiro atoms. The zero-order valence-corrected chi connectivity index (χ0v) is 11.7. The summed E-state index contributed by atoms with van der Waals surface area (Å²) in [6.07, 6.45) is 0.938. The smallest absolute Gasteiger partial charge is 0.237 e. The molecule has 0 radical (unpaired) electrons. The highest BCUT2D eigenvalue weighted by atomic mass is 16.5. The number of fused-ring (bicyclic) bond motifs is 1. The Bertz CT molecular complexity index is 834. The maximum Gasteiger partial charge on any atom is 0.237 e. The van der Waals surface area contributed by atoms with Gasteiger partial charge in [0.1, 0.15) is 17.4 Å². The molecule has 3 rings (SSSR count). The van der Waals surface area contributed by atoms with Crippen molar-refractivity contribution in [1.82, 2.24) is 4.98 Å². The minimum Gasteiger partial charge on any atom is -0.438 e. The lowest BCUT2D eigenvalue weighted by molar-refractivity contribution is 0.463. The average Bonchev–Trinajstić information content (AvgIpc) is 2.54. The molecule has 0 aliphatic rings. The Kier molecular flexibility index (Phi) is 3.53. The lowest BCUT2D eigenvalue weighted by atomic mass is 10.1. The number of aryl methyl sites for hydroxylation is 1. The Labute approximate surface area is 123 Å². The average molecular weight is 274 g/mol. The molecule has 1 heterocycles. The van der Waals surface area contributed by atoms with Crippen LogP contribution in [0.4, 0.5) is 0 Å². The van der Waals surface area contributed by atoms with Crippen LogP contribution in [-0.4, -0.2) is 4.98 Å². The fourth-order valence-corrected chi connectivity index (χ4v) is 2.20. The third kappa shape index (κ3) is 2.70. The first kappa shape index (κ1) is 13.1. The van der Waals surface area contributed by atoms with Gasteiger partial charge in [-0.1, -0.05) is 37.3 Å². The molecule has 1 aromatic heterocycles. The lowest BCUT2D eigenvalue weighted by Crippen LogP contribution is -1.93. The second kappa shape index (κ2) is 5.64. The highest BCUT2D eigenvalue weighted by molar-refractivity contribution is 5.81. The summed E-state index contributed by atoms with van der Waals surface area (Å²) in [5, 5.41) is 10.2. The van der Waals surface area contributed by atoms with E-state index >= 15 is 0 Å². The molecule has 0 amide bonds. The third-order valence-corrected chi connectivity index (χ3v) is 3.33. The molecule has 0 atom stereocenters. The van der Waals surface area contributed by atoms with Crippen molar-refractivity contribution >= 4 is 10.9 Å². The first-order chi connectivity index (χ1) is 10.3. The Morgan fingerprint density at radius 1 is 1.10 bits per heavy atom. The molecule has 21 heavy (non-hydrogen) atoms. The molecule has 102 valence electrons. The quantitative estimate of drug-likeness (QED) is 0.708. The van der Waals surface area contributed by atoms with Crippen molar-refractivity contribution in [3.8, 4) is 17.7 Å². The van der Waals surface area contributed by atoms with Crippen molar-refractivity contribution in [3.05, 3.63) is 65.7 Å². The summed E-state index contributed by atoms with van der Waals surface area (Å²) in [5.41, 5.74) is 2.44. The maximum absolute atomic E-state index is 9.29. The van der Waals surface area contributed by atoms with Crippen LogP contribution in [0.2, 0.25) is 0 Å². The van der Waals surface area contributed by atoms with Gasteiger partial charge in [-0.2, -0.15) is 5.26 Å². The highest BCUT2D eigenvalue weighted by Crippen LogP contribution is 2.27. The van der Waals surface area contributed by atoms with E-state index in [9.17, 15) is 5.26 Å². The molecule has 0 saturated carbocycles. The van der Waals surface area contributed by atoms with Crippen LogP contribution in [0.1, 0.15) is 18.1 Å². The number of rotatable bonds is 3. The number of hydrogen-bond donors (Lipinski definition) is 0. The molecule has 0 aliphatic carbocycles. The van der Waals surface area contributed by atoms with Gasteiger partial charge in [0, 0.05) is 5.39 Å². The fraction of sp³-hybridized carbons (Fsp3) is 0.111. The van der Waals surface area contributed by atoms with Crippen molar-refractivity contribution in [2.75, 3.05) is 0 Å². The molecule has 0 bridgehead atoms. The Balaban J connectivity index is 2.04. The number of nitriles is 1. The molecule has 3 aromatic rings. The van der Waals surface area contributed by atoms with Crippen LogP contribution in [-0.2, 0) is 6.42 Å². The SMILES string of the molecule is CCc1cccc(Oc2nc3ccccc3cc2C#N)c1. The van der Waals surface area contributed by atoms with Crippen LogP contribution in [0.15, 0.2) is 54.6 Å². The van der Waals surface area contributed by atoms with Gasteiger partial charge in [0.2, 0.25) is 5.88 Å². The summed E-state index contributed by atoms with van der Waals surface area (Å²) in [6, 6.07) is 19.5. The molecule has 0 N–H and O–H groups in total. The predicted octanol–water partition coefficient (Wildman–Crippen LogP) is 4.46. The Morgan fingerprint density at radius 3 is 2.76 bits per heavy atom. The van der Waals surface area contributed by atoms with Gasteiger partial charge in [-0.3, -0.25) is 0 Å². The fourth-order valence-electron chi connectivity index (χ4n) is 2.20. The van der Waals surface area contributed by atoms with Crippen LogP contribution in [0, 0.1) is 11.3 Å². The number of ether oxygens (including phenoxy) is 1. The van der Waals surface area contributed by atoms with E-state index in [0.717, 1.165) is 17.3 Å². The number of hydrogen-bond acceptors (Lipinski definition) is 3. The maximum atomic E-state index is 9.29. The highest BCUT2D eigenvalue weighted by Gasteiger charge is 2.09. The van der Waals surface area contributed by atoms with Gasteiger partial charge in [0.15, 0.2) is 0 Å². The second-order valence-corrected chi connectivity index (χ2v) is 4.75. The standard InChI is InChI=1S/C18H14N2O/c1-2-13-6-5-8-16(10-13)21-18-15(12-19)11-14-7-3-4-9-17(14)20-18/h3-11H,2H2,1H3. The molecule has 2 aromatic carbocycles. The number of pyridine rings is 1. The van der Waals surface area contributed by atoms with E-state index in [2.05, 4.69) is 18.0 Å². The van der Waals surface area contributed by atoms with Crippen molar-refractivity contribution in [1.29, 1.82) is 5.26 Å². The number of para-hydroxylation sites is 1. The molecule has 0 unspecified atom stereocenters. The lowest BCUT2D eigenvalue weighted by Gasteiger charge is -2.08. The van der Waals surface area contributed by atoms with E-state index < -0.39 is 0 Å². The van der Waals surface area contributed by atoms with E-state index in [1.54, 1.807) is 6.07 Å². The summed E-state index contributed by atoms with van der Waals surface area (Å²) in [7, 11) is 0. The van der Waals surface area contributed by atoms with E-state index in [1.807, 2.05) is 48.5 Å². The van der Waals surface area contributed by atoms with Gasteiger partial charge in [-0.25, -0.2) is 4.98 Å². The van der Waals surface area contributed by atoms with Crippen molar-refractivity contribution in [3.63, 3.8) is 0 Å². The van der Waals surface area contributed by atoms with Gasteiger partial charge in [0.05, 0.1) is 5.52 Å². The first-order valence-corrected chi connectivity index (χ1v) is 6.87. The van der Waals surface area contributed by atoms with Crippen LogP contribution in [0.25, 0.3) is 10.9 Å². The van der Waals surface area contributed by atoms with Crippen LogP contribution in [0.5, 0.6) is 11.6 Å². The monoisotopic (exact) mass is 274 g/mol. The van der Waals surface area contributed by atoms with E-state index in [-0.39, 0.29) is 0 Å². The topological polar surface area (TPSA) is 45.9 Å². The van der Waals surface area contributed by atoms with Gasteiger partial charge in [-0.05, 0) is 36.2 Å². The predicted molar refractivity (Wildman–Crippen MR) is 82.4 cm³/mol. The normalized spacial score (nSPS) is 10.3. The summed E-state index contributed by atoms with van der Waals surface area (Å²) in [5.74, 6) is 1.05. The molecule has 3 nitrogen and oxygen atoms in total. The Morgan fingerprint density at radius 2 is 1.95 bits per heavy atom. The van der Waals surface area contributed by atoms with Crippen molar-refractivity contribution in [2.45, 2.75) is 13.3 Å². The van der Waals surface area contributed by atoms with E-state index in [1.165, 1.54) is 5.56 Å². The van der Waals surface area contributed by atoms with Crippen molar-refractivity contribution in [2.24, 2.45) is 0 Å². The molecule has 0 fully saturated rings. The second-order valence-electron chi connectivity index (χ2n) is 4.75. The van der Waals surface area contributed by atoms with Gasteiger partial charge < -0.3 is 4.74 Å². The minimum atomic E-state index is 0.351. The van der Waals surface area contributed by atoms with Gasteiger partial charge in [0.25, 0.3) is 0 Å². The first-order valence-electron chi connectivity index (χ1n) is 6.87. The van der Waals surface area contributed by atoms with Crippen molar-refractivity contribution < 1.29 is 4.74 Å². The van der Waals surface area contributed by atoms with Crippen LogP contribution in [0.3, 0.4) is 0 Å². The summed E-state index contributed by atoms with van der Waals surface area (Å²) < 4.78 is 5.82. The molecular weight excluding hydrogens is 260 g/mol. The molecule has 3 heteroatoms. The van der Waals surface area contributed by atoms with Crippen LogP contribution >= 0.6 is 0 Å². The summed E-state index contributed by atoms with van der Waals surface area (Å²) in [6.45, 7) is 2.09. The van der Waals surface area contributed by atoms with E-state index in [0.29, 0.717) is 17.2 Å². The number of benzene rings is 2. The molecule has 0 aliphatic heterocycles. The number of aromatic nitrogens is 1. The summed E-state index contributed by atoms with van der Waals surface area (Å²) >= 11 is 0. The van der Waals surface area contributed by atoms with Gasteiger partial charge >= 0.3 is 0 Å². The minimum absolute atomic E-state index is 0.351. The largest absolute Gasteiger partial charge is 0.438 e. The zero-order chi connectivity index (χ0) is 14.7. The van der Waals surface area contributed by atoms with E-state index in [4.69, 9.17) is 4.74 Å². The zero-order valence-electron chi connectivity index (χ0n) is 11.7.